The number of hydrogen-bond acceptors (Lipinski definition) is 4. The van der Waals surface area contributed by atoms with Gasteiger partial charge >= 0.3 is 5.97 Å². The van der Waals surface area contributed by atoms with E-state index in [-0.39, 0.29) is 5.97 Å². The molecule has 0 aromatic rings. The van der Waals surface area contributed by atoms with Crippen LogP contribution in [-0.2, 0) is 14.3 Å². The predicted octanol–water partition coefficient (Wildman–Crippen LogP) is 2.66. The number of hydrogen-bond donors (Lipinski definition) is 1. The molecule has 4 nitrogen and oxygen atoms in total. The number of rotatable bonds is 9. The highest BCUT2D eigenvalue weighted by Gasteiger charge is 2.39. The first-order valence-electron chi connectivity index (χ1n) is 8.16. The van der Waals surface area contributed by atoms with E-state index >= 15 is 0 Å². The van der Waals surface area contributed by atoms with Crippen LogP contribution in [0.1, 0.15) is 58.8 Å². The van der Waals surface area contributed by atoms with Crippen LogP contribution in [0.25, 0.3) is 0 Å². The Morgan fingerprint density at radius 3 is 2.55 bits per heavy atom. The van der Waals surface area contributed by atoms with E-state index < -0.39 is 5.54 Å². The van der Waals surface area contributed by atoms with Gasteiger partial charge in [-0.05, 0) is 51.9 Å². The molecule has 0 saturated heterocycles. The summed E-state index contributed by atoms with van der Waals surface area (Å²) in [5, 5.41) is 3.43. The molecule has 2 aliphatic rings. The van der Waals surface area contributed by atoms with E-state index in [0.29, 0.717) is 25.7 Å². The molecule has 116 valence electrons. The first-order chi connectivity index (χ1) is 9.64. The number of ether oxygens (including phenoxy) is 2. The quantitative estimate of drug-likeness (QED) is 0.522. The molecule has 0 aliphatic heterocycles. The maximum absolute atomic E-state index is 12.1. The summed E-state index contributed by atoms with van der Waals surface area (Å²) in [6, 6.07) is 0.485. The highest BCUT2D eigenvalue weighted by atomic mass is 16.5. The van der Waals surface area contributed by atoms with Gasteiger partial charge < -0.3 is 9.47 Å². The van der Waals surface area contributed by atoms with Crippen LogP contribution in [0.3, 0.4) is 0 Å². The van der Waals surface area contributed by atoms with Gasteiger partial charge in [0.2, 0.25) is 0 Å². The molecule has 1 N–H and O–H groups in total. The maximum atomic E-state index is 12.1. The van der Waals surface area contributed by atoms with Crippen LogP contribution in [-0.4, -0.2) is 37.4 Å². The van der Waals surface area contributed by atoms with Crippen molar-refractivity contribution in [3.05, 3.63) is 0 Å². The zero-order valence-corrected chi connectivity index (χ0v) is 13.0. The van der Waals surface area contributed by atoms with Crippen molar-refractivity contribution in [2.75, 3.05) is 19.8 Å². The first kappa shape index (κ1) is 15.8. The third-order valence-electron chi connectivity index (χ3n) is 4.40. The Labute approximate surface area is 122 Å². The van der Waals surface area contributed by atoms with Gasteiger partial charge in [0.25, 0.3) is 0 Å². The molecule has 0 spiro atoms. The molecule has 0 radical (unpaired) electrons. The Hall–Kier alpha value is -0.610. The monoisotopic (exact) mass is 283 g/mol. The van der Waals surface area contributed by atoms with Crippen molar-refractivity contribution < 1.29 is 14.3 Å². The van der Waals surface area contributed by atoms with Gasteiger partial charge in [0.15, 0.2) is 0 Å². The summed E-state index contributed by atoms with van der Waals surface area (Å²) >= 11 is 0. The second-order valence-corrected chi connectivity index (χ2v) is 6.45. The topological polar surface area (TPSA) is 47.6 Å². The lowest BCUT2D eigenvalue weighted by atomic mass is 9.98. The zero-order chi connectivity index (χ0) is 14.4. The third kappa shape index (κ3) is 4.74. The summed E-state index contributed by atoms with van der Waals surface area (Å²) in [5.74, 6) is 0.594. The van der Waals surface area contributed by atoms with Gasteiger partial charge in [0.05, 0.1) is 6.61 Å². The first-order valence-corrected chi connectivity index (χ1v) is 8.16. The second kappa shape index (κ2) is 7.41. The van der Waals surface area contributed by atoms with Crippen LogP contribution >= 0.6 is 0 Å². The van der Waals surface area contributed by atoms with Gasteiger partial charge in [-0.1, -0.05) is 12.8 Å². The van der Waals surface area contributed by atoms with Gasteiger partial charge in [-0.25, -0.2) is 0 Å². The smallest absolute Gasteiger partial charge is 0.326 e. The normalized spacial score (nSPS) is 22.7. The predicted molar refractivity (Wildman–Crippen MR) is 78.6 cm³/mol. The average Bonchev–Trinajstić information content (AvgIpc) is 3.07. The molecule has 0 bridgehead atoms. The Bertz CT molecular complexity index is 311. The SMILES string of the molecule is CCOC(=O)C(C)(CCOCC1CCCC1)NC1CC1. The summed E-state index contributed by atoms with van der Waals surface area (Å²) < 4.78 is 11.0. The standard InChI is InChI=1S/C16H29NO3/c1-3-20-15(18)16(2,17-14-8-9-14)10-11-19-12-13-6-4-5-7-13/h13-14,17H,3-12H2,1-2H3. The van der Waals surface area contributed by atoms with Gasteiger partial charge in [-0.2, -0.15) is 0 Å². The van der Waals surface area contributed by atoms with Crippen molar-refractivity contribution in [1.82, 2.24) is 5.32 Å². The lowest BCUT2D eigenvalue weighted by Crippen LogP contribution is -2.52. The van der Waals surface area contributed by atoms with Crippen molar-refractivity contribution in [3.63, 3.8) is 0 Å². The minimum atomic E-state index is -0.590. The van der Waals surface area contributed by atoms with Crippen LogP contribution < -0.4 is 5.32 Å². The van der Waals surface area contributed by atoms with E-state index in [1.165, 1.54) is 25.7 Å². The average molecular weight is 283 g/mol. The van der Waals surface area contributed by atoms with Crippen molar-refractivity contribution in [3.8, 4) is 0 Å². The van der Waals surface area contributed by atoms with Crippen molar-refractivity contribution in [1.29, 1.82) is 0 Å². The molecular weight excluding hydrogens is 254 g/mol. The molecular formula is C16H29NO3. The highest BCUT2D eigenvalue weighted by molar-refractivity contribution is 5.80. The fraction of sp³-hybridized carbons (Fsp3) is 0.938. The van der Waals surface area contributed by atoms with Crippen molar-refractivity contribution in [2.45, 2.75) is 70.4 Å². The molecule has 2 saturated carbocycles. The molecule has 0 aromatic carbocycles. The molecule has 0 amide bonds. The molecule has 1 unspecified atom stereocenters. The summed E-state index contributed by atoms with van der Waals surface area (Å²) in [6.07, 6.45) is 8.31. The van der Waals surface area contributed by atoms with Crippen LogP contribution in [0.2, 0.25) is 0 Å². The third-order valence-corrected chi connectivity index (χ3v) is 4.40. The second-order valence-electron chi connectivity index (χ2n) is 6.45. The van der Waals surface area contributed by atoms with E-state index in [0.717, 1.165) is 25.4 Å². The lowest BCUT2D eigenvalue weighted by Gasteiger charge is -2.28. The maximum Gasteiger partial charge on any atom is 0.326 e. The molecule has 4 heteroatoms. The summed E-state index contributed by atoms with van der Waals surface area (Å²) in [5.41, 5.74) is -0.590. The molecule has 0 heterocycles. The fourth-order valence-corrected chi connectivity index (χ4v) is 2.91. The Balaban J connectivity index is 1.72. The minimum Gasteiger partial charge on any atom is -0.465 e. The van der Waals surface area contributed by atoms with Crippen LogP contribution in [0, 0.1) is 5.92 Å². The number of nitrogens with one attached hydrogen (secondary N) is 1. The van der Waals surface area contributed by atoms with Crippen molar-refractivity contribution >= 4 is 5.97 Å². The molecule has 2 fully saturated rings. The van der Waals surface area contributed by atoms with E-state index in [1.807, 2.05) is 13.8 Å². The van der Waals surface area contributed by atoms with E-state index in [2.05, 4.69) is 5.32 Å². The van der Waals surface area contributed by atoms with E-state index in [4.69, 9.17) is 9.47 Å². The summed E-state index contributed by atoms with van der Waals surface area (Å²) in [7, 11) is 0. The van der Waals surface area contributed by atoms with Gasteiger partial charge in [0, 0.05) is 19.3 Å². The molecule has 2 aliphatic carbocycles. The lowest BCUT2D eigenvalue weighted by molar-refractivity contribution is -0.151. The van der Waals surface area contributed by atoms with Crippen LogP contribution in [0.4, 0.5) is 0 Å². The number of carbonyl (C=O) groups excluding carboxylic acids is 1. The molecule has 2 rings (SSSR count). The van der Waals surface area contributed by atoms with Crippen LogP contribution in [0.15, 0.2) is 0 Å². The Kier molecular flexibility index (Phi) is 5.85. The van der Waals surface area contributed by atoms with Crippen LogP contribution in [0.5, 0.6) is 0 Å². The van der Waals surface area contributed by atoms with E-state index in [1.54, 1.807) is 0 Å². The molecule has 20 heavy (non-hydrogen) atoms. The molecule has 0 aromatic heterocycles. The number of esters is 1. The minimum absolute atomic E-state index is 0.142. The zero-order valence-electron chi connectivity index (χ0n) is 13.0. The Morgan fingerprint density at radius 1 is 1.25 bits per heavy atom. The van der Waals surface area contributed by atoms with Gasteiger partial charge in [-0.15, -0.1) is 0 Å². The van der Waals surface area contributed by atoms with Gasteiger partial charge in [-0.3, -0.25) is 10.1 Å². The Morgan fingerprint density at radius 2 is 1.95 bits per heavy atom. The largest absolute Gasteiger partial charge is 0.465 e. The van der Waals surface area contributed by atoms with Gasteiger partial charge in [0.1, 0.15) is 5.54 Å². The summed E-state index contributed by atoms with van der Waals surface area (Å²) in [6.45, 7) is 5.71. The van der Waals surface area contributed by atoms with E-state index in [9.17, 15) is 4.79 Å². The number of carbonyl (C=O) groups is 1. The molecule has 1 atom stereocenters. The van der Waals surface area contributed by atoms with Crippen molar-refractivity contribution in [2.24, 2.45) is 5.92 Å². The summed E-state index contributed by atoms with van der Waals surface area (Å²) in [4.78, 5) is 12.1. The fourth-order valence-electron chi connectivity index (χ4n) is 2.91. The highest BCUT2D eigenvalue weighted by Crippen LogP contribution is 2.26.